The van der Waals surface area contributed by atoms with Crippen molar-refractivity contribution >= 4 is 7.75 Å². The van der Waals surface area contributed by atoms with E-state index in [0.29, 0.717) is 19.1 Å². The van der Waals surface area contributed by atoms with Crippen LogP contribution in [0.2, 0.25) is 0 Å². The Bertz CT molecular complexity index is 194. The fourth-order valence-electron chi connectivity index (χ4n) is 0.945. The van der Waals surface area contributed by atoms with Crippen molar-refractivity contribution in [2.75, 3.05) is 13.2 Å². The second kappa shape index (κ2) is 5.11. The first kappa shape index (κ1) is 11.2. The third-order valence-electron chi connectivity index (χ3n) is 2.04. The van der Waals surface area contributed by atoms with Gasteiger partial charge in [0, 0.05) is 6.54 Å². The van der Waals surface area contributed by atoms with Crippen LogP contribution >= 0.6 is 7.75 Å². The van der Waals surface area contributed by atoms with E-state index in [4.69, 9.17) is 4.52 Å². The third kappa shape index (κ3) is 5.42. The molecule has 4 nitrogen and oxygen atoms in total. The van der Waals surface area contributed by atoms with Gasteiger partial charge in [0.1, 0.15) is 0 Å². The van der Waals surface area contributed by atoms with E-state index >= 15 is 0 Å². The first-order valence-electron chi connectivity index (χ1n) is 4.86. The smallest absolute Gasteiger partial charge is 0.312 e. The minimum Gasteiger partial charge on any atom is -0.312 e. The summed E-state index contributed by atoms with van der Waals surface area (Å²) in [5, 5.41) is 2.57. The fraction of sp³-hybridized carbons (Fsp3) is 1.00. The molecule has 1 unspecified atom stereocenters. The number of unbranched alkanes of at least 4 members (excludes halogenated alkanes) is 1. The molecule has 1 saturated carbocycles. The summed E-state index contributed by atoms with van der Waals surface area (Å²) >= 11 is 0. The monoisotopic (exact) mass is 207 g/mol. The Morgan fingerprint density at radius 2 is 2.31 bits per heavy atom. The van der Waals surface area contributed by atoms with Crippen molar-refractivity contribution in [3.05, 3.63) is 0 Å². The van der Waals surface area contributed by atoms with Gasteiger partial charge in [-0.1, -0.05) is 13.3 Å². The maximum atomic E-state index is 11.2. The average molecular weight is 207 g/mol. The summed E-state index contributed by atoms with van der Waals surface area (Å²) in [4.78, 5) is 9.24. The molecule has 0 aromatic heterocycles. The Balaban J connectivity index is 2.07. The second-order valence-corrected chi connectivity index (χ2v) is 5.13. The SMILES string of the molecule is CCCCOP(=O)(O)NCC1CC1. The van der Waals surface area contributed by atoms with Crippen LogP contribution in [-0.2, 0) is 9.09 Å². The molecule has 0 aliphatic heterocycles. The van der Waals surface area contributed by atoms with Gasteiger partial charge in [-0.3, -0.25) is 4.52 Å². The molecule has 1 aliphatic carbocycles. The van der Waals surface area contributed by atoms with Crippen molar-refractivity contribution in [1.82, 2.24) is 5.09 Å². The molecule has 0 amide bonds. The molecular formula is C8H18NO3P. The highest BCUT2D eigenvalue weighted by Crippen LogP contribution is 2.39. The zero-order valence-corrected chi connectivity index (χ0v) is 8.93. The van der Waals surface area contributed by atoms with Crippen LogP contribution in [0.1, 0.15) is 32.6 Å². The van der Waals surface area contributed by atoms with Gasteiger partial charge in [0.2, 0.25) is 0 Å². The zero-order valence-electron chi connectivity index (χ0n) is 8.03. The van der Waals surface area contributed by atoms with Gasteiger partial charge in [0.05, 0.1) is 6.61 Å². The van der Waals surface area contributed by atoms with E-state index in [0.717, 1.165) is 12.8 Å². The van der Waals surface area contributed by atoms with Crippen molar-refractivity contribution < 1.29 is 14.0 Å². The van der Waals surface area contributed by atoms with E-state index in [2.05, 4.69) is 5.09 Å². The van der Waals surface area contributed by atoms with E-state index in [1.54, 1.807) is 0 Å². The zero-order chi connectivity index (χ0) is 9.73. The van der Waals surface area contributed by atoms with Crippen molar-refractivity contribution in [1.29, 1.82) is 0 Å². The van der Waals surface area contributed by atoms with Crippen LogP contribution in [0.3, 0.4) is 0 Å². The maximum Gasteiger partial charge on any atom is 0.402 e. The predicted molar refractivity (Wildman–Crippen MR) is 51.4 cm³/mol. The molecule has 2 N–H and O–H groups in total. The number of hydrogen-bond donors (Lipinski definition) is 2. The summed E-state index contributed by atoms with van der Waals surface area (Å²) in [7, 11) is -3.49. The average Bonchev–Trinajstić information content (AvgIpc) is 2.84. The van der Waals surface area contributed by atoms with Crippen molar-refractivity contribution in [3.8, 4) is 0 Å². The number of rotatable bonds is 7. The lowest BCUT2D eigenvalue weighted by Crippen LogP contribution is -2.15. The Morgan fingerprint density at radius 1 is 1.62 bits per heavy atom. The van der Waals surface area contributed by atoms with Gasteiger partial charge in [0.15, 0.2) is 0 Å². The van der Waals surface area contributed by atoms with E-state index in [1.165, 1.54) is 12.8 Å². The molecule has 0 aromatic rings. The van der Waals surface area contributed by atoms with Crippen LogP contribution in [0.25, 0.3) is 0 Å². The molecule has 1 rings (SSSR count). The van der Waals surface area contributed by atoms with Crippen LogP contribution in [-0.4, -0.2) is 18.0 Å². The maximum absolute atomic E-state index is 11.2. The molecule has 78 valence electrons. The summed E-state index contributed by atoms with van der Waals surface area (Å²) in [6.45, 7) is 2.99. The summed E-state index contributed by atoms with van der Waals surface area (Å²) in [6.07, 6.45) is 4.14. The van der Waals surface area contributed by atoms with Crippen LogP contribution in [0.15, 0.2) is 0 Å². The lowest BCUT2D eigenvalue weighted by atomic mass is 10.4. The summed E-state index contributed by atoms with van der Waals surface area (Å²) in [5.41, 5.74) is 0. The Hall–Kier alpha value is 0.110. The van der Waals surface area contributed by atoms with Crippen molar-refractivity contribution in [3.63, 3.8) is 0 Å². The molecule has 5 heteroatoms. The van der Waals surface area contributed by atoms with Gasteiger partial charge in [-0.15, -0.1) is 0 Å². The molecule has 0 radical (unpaired) electrons. The van der Waals surface area contributed by atoms with Gasteiger partial charge in [-0.05, 0) is 25.2 Å². The molecule has 1 aliphatic rings. The van der Waals surface area contributed by atoms with E-state index < -0.39 is 7.75 Å². The highest BCUT2D eigenvalue weighted by Gasteiger charge is 2.26. The molecule has 0 bridgehead atoms. The second-order valence-electron chi connectivity index (χ2n) is 3.51. The number of hydrogen-bond acceptors (Lipinski definition) is 2. The summed E-state index contributed by atoms with van der Waals surface area (Å²) in [5.74, 6) is 0.593. The Kier molecular flexibility index (Phi) is 4.39. The van der Waals surface area contributed by atoms with E-state index in [1.807, 2.05) is 6.92 Å². The van der Waals surface area contributed by atoms with Gasteiger partial charge < -0.3 is 4.89 Å². The lowest BCUT2D eigenvalue weighted by molar-refractivity contribution is 0.245. The lowest BCUT2D eigenvalue weighted by Gasteiger charge is -2.12. The standard InChI is InChI=1S/C8H18NO3P/c1-2-3-6-12-13(10,11)9-7-8-4-5-8/h8H,2-7H2,1H3,(H2,9,10,11). The van der Waals surface area contributed by atoms with Crippen LogP contribution in [0.5, 0.6) is 0 Å². The molecule has 13 heavy (non-hydrogen) atoms. The molecule has 0 aromatic carbocycles. The molecule has 1 fully saturated rings. The van der Waals surface area contributed by atoms with E-state index in [9.17, 15) is 9.46 Å². The topological polar surface area (TPSA) is 58.6 Å². The molecule has 0 saturated heterocycles. The van der Waals surface area contributed by atoms with Crippen LogP contribution < -0.4 is 5.09 Å². The molecule has 0 spiro atoms. The fourth-order valence-corrected chi connectivity index (χ4v) is 1.90. The quantitative estimate of drug-likeness (QED) is 0.494. The highest BCUT2D eigenvalue weighted by atomic mass is 31.2. The number of nitrogens with one attached hydrogen (secondary N) is 1. The van der Waals surface area contributed by atoms with Gasteiger partial charge in [0.25, 0.3) is 0 Å². The van der Waals surface area contributed by atoms with Gasteiger partial charge in [-0.25, -0.2) is 9.65 Å². The summed E-state index contributed by atoms with van der Waals surface area (Å²) < 4.78 is 16.1. The first-order chi connectivity index (χ1) is 6.14. The van der Waals surface area contributed by atoms with Crippen LogP contribution in [0, 0.1) is 5.92 Å². The molecule has 1 atom stereocenters. The molecule has 0 heterocycles. The van der Waals surface area contributed by atoms with Crippen molar-refractivity contribution in [2.45, 2.75) is 32.6 Å². The molecular weight excluding hydrogens is 189 g/mol. The largest absolute Gasteiger partial charge is 0.402 e. The Morgan fingerprint density at radius 3 is 2.85 bits per heavy atom. The third-order valence-corrected chi connectivity index (χ3v) is 3.16. The highest BCUT2D eigenvalue weighted by molar-refractivity contribution is 7.50. The summed E-state index contributed by atoms with van der Waals surface area (Å²) in [6, 6.07) is 0. The minimum atomic E-state index is -3.49. The van der Waals surface area contributed by atoms with E-state index in [-0.39, 0.29) is 0 Å². The van der Waals surface area contributed by atoms with Crippen LogP contribution in [0.4, 0.5) is 0 Å². The van der Waals surface area contributed by atoms with Crippen molar-refractivity contribution in [2.24, 2.45) is 5.92 Å². The van der Waals surface area contributed by atoms with Gasteiger partial charge >= 0.3 is 7.75 Å². The minimum absolute atomic E-state index is 0.363. The predicted octanol–water partition coefficient (Wildman–Crippen LogP) is 1.90. The van der Waals surface area contributed by atoms with Gasteiger partial charge in [-0.2, -0.15) is 0 Å². The normalized spacial score (nSPS) is 21.4. The Labute approximate surface area is 79.3 Å². The first-order valence-corrected chi connectivity index (χ1v) is 6.44.